The van der Waals surface area contributed by atoms with Gasteiger partial charge in [-0.05, 0) is 19.1 Å². The number of nitrogen functional groups attached to an aromatic ring is 1. The van der Waals surface area contributed by atoms with Crippen molar-refractivity contribution in [2.45, 2.75) is 20.3 Å². The number of nitrogens with one attached hydrogen (secondary N) is 1. The Morgan fingerprint density at radius 3 is 2.78 bits per heavy atom. The second-order valence-electron chi connectivity index (χ2n) is 5.06. The second kappa shape index (κ2) is 5.68. The zero-order chi connectivity index (χ0) is 16.6. The molecule has 1 amide bonds. The van der Waals surface area contributed by atoms with Gasteiger partial charge in [0.25, 0.3) is 0 Å². The number of aliphatic imine (C=N–C) groups is 1. The molecule has 0 saturated carbocycles. The molecule has 0 unspecified atom stereocenters. The smallest absolute Gasteiger partial charge is 0.356 e. The van der Waals surface area contributed by atoms with Crippen LogP contribution in [0.25, 0.3) is 10.9 Å². The van der Waals surface area contributed by atoms with Crippen LogP contribution in [-0.4, -0.2) is 29.7 Å². The fourth-order valence-corrected chi connectivity index (χ4v) is 2.46. The van der Waals surface area contributed by atoms with Gasteiger partial charge in [-0.3, -0.25) is 9.79 Å². The van der Waals surface area contributed by atoms with Crippen molar-refractivity contribution in [3.05, 3.63) is 23.4 Å². The molecule has 0 spiro atoms. The van der Waals surface area contributed by atoms with Crippen LogP contribution in [0, 0.1) is 0 Å². The summed E-state index contributed by atoms with van der Waals surface area (Å²) in [6, 6.07) is 3.23. The van der Waals surface area contributed by atoms with Gasteiger partial charge in [0, 0.05) is 23.6 Å². The number of amides is 1. The molecular weight excluding hydrogens is 296 g/mol. The van der Waals surface area contributed by atoms with Crippen LogP contribution in [0.2, 0.25) is 0 Å². The third-order valence-corrected chi connectivity index (χ3v) is 3.53. The highest BCUT2D eigenvalue weighted by atomic mass is 16.5. The molecular formula is C16H16N4O3. The molecule has 118 valence electrons. The fraction of sp³-hybridized carbons (Fsp3) is 0.250. The number of carbonyl (C=O) groups is 2. The average molecular weight is 312 g/mol. The van der Waals surface area contributed by atoms with Crippen LogP contribution < -0.4 is 11.1 Å². The van der Waals surface area contributed by atoms with Gasteiger partial charge in [-0.2, -0.15) is 0 Å². The van der Waals surface area contributed by atoms with Crippen molar-refractivity contribution in [2.75, 3.05) is 17.7 Å². The van der Waals surface area contributed by atoms with Crippen molar-refractivity contribution in [1.82, 2.24) is 4.98 Å². The number of aromatic nitrogens is 1. The predicted octanol–water partition coefficient (Wildman–Crippen LogP) is 2.41. The first-order valence-electron chi connectivity index (χ1n) is 7.33. The van der Waals surface area contributed by atoms with Crippen molar-refractivity contribution >= 4 is 46.1 Å². The van der Waals surface area contributed by atoms with Gasteiger partial charge in [-0.25, -0.2) is 9.78 Å². The number of anilines is 2. The van der Waals surface area contributed by atoms with E-state index in [0.717, 1.165) is 10.9 Å². The first-order valence-corrected chi connectivity index (χ1v) is 7.33. The number of hydrogen-bond acceptors (Lipinski definition) is 6. The van der Waals surface area contributed by atoms with E-state index in [9.17, 15) is 9.59 Å². The van der Waals surface area contributed by atoms with Crippen LogP contribution in [0.1, 0.15) is 36.3 Å². The minimum atomic E-state index is -0.517. The molecule has 1 aliphatic heterocycles. The molecule has 2 heterocycles. The van der Waals surface area contributed by atoms with Crippen molar-refractivity contribution in [3.8, 4) is 0 Å². The average Bonchev–Trinajstić information content (AvgIpc) is 2.97. The minimum absolute atomic E-state index is 0.163. The number of carbonyl (C=O) groups excluding carboxylic acids is 2. The number of nitrogens with two attached hydrogens (primary N) is 1. The SMILES string of the molecule is CCOC(=O)c1cc2c3c(c(N)cc(NC(=O)CC)c3n1)N=C2. The maximum absolute atomic E-state index is 12.0. The van der Waals surface area contributed by atoms with E-state index in [1.54, 1.807) is 32.2 Å². The number of esters is 1. The Labute approximate surface area is 132 Å². The van der Waals surface area contributed by atoms with E-state index < -0.39 is 5.97 Å². The maximum Gasteiger partial charge on any atom is 0.356 e. The van der Waals surface area contributed by atoms with Gasteiger partial charge >= 0.3 is 5.97 Å². The molecule has 1 aromatic carbocycles. The third-order valence-electron chi connectivity index (χ3n) is 3.53. The highest BCUT2D eigenvalue weighted by Gasteiger charge is 2.22. The van der Waals surface area contributed by atoms with E-state index in [2.05, 4.69) is 15.3 Å². The summed E-state index contributed by atoms with van der Waals surface area (Å²) in [4.78, 5) is 32.4. The van der Waals surface area contributed by atoms with Gasteiger partial charge in [0.2, 0.25) is 5.91 Å². The Hall–Kier alpha value is -2.96. The molecule has 1 aromatic heterocycles. The van der Waals surface area contributed by atoms with Crippen molar-refractivity contribution in [1.29, 1.82) is 0 Å². The summed E-state index contributed by atoms with van der Waals surface area (Å²) in [6.45, 7) is 3.73. The Morgan fingerprint density at radius 1 is 1.30 bits per heavy atom. The number of benzene rings is 1. The molecule has 2 aromatic rings. The Balaban J connectivity index is 2.23. The minimum Gasteiger partial charge on any atom is -0.461 e. The molecule has 0 atom stereocenters. The summed E-state index contributed by atoms with van der Waals surface area (Å²) in [5.41, 5.74) is 8.91. The van der Waals surface area contributed by atoms with Gasteiger partial charge in [0.1, 0.15) is 5.69 Å². The molecule has 0 saturated heterocycles. The molecule has 23 heavy (non-hydrogen) atoms. The maximum atomic E-state index is 12.0. The zero-order valence-corrected chi connectivity index (χ0v) is 12.8. The van der Waals surface area contributed by atoms with Crippen LogP contribution in [0.15, 0.2) is 17.1 Å². The lowest BCUT2D eigenvalue weighted by Gasteiger charge is -2.12. The Bertz CT molecular complexity index is 858. The fourth-order valence-electron chi connectivity index (χ4n) is 2.46. The van der Waals surface area contributed by atoms with E-state index in [0.29, 0.717) is 29.0 Å². The van der Waals surface area contributed by atoms with E-state index in [1.807, 2.05) is 0 Å². The van der Waals surface area contributed by atoms with Gasteiger partial charge in [0.15, 0.2) is 0 Å². The van der Waals surface area contributed by atoms with Crippen LogP contribution in [-0.2, 0) is 9.53 Å². The molecule has 3 rings (SSSR count). The topological polar surface area (TPSA) is 107 Å². The Kier molecular flexibility index (Phi) is 3.69. The van der Waals surface area contributed by atoms with E-state index >= 15 is 0 Å². The lowest BCUT2D eigenvalue weighted by molar-refractivity contribution is -0.115. The molecule has 0 radical (unpaired) electrons. The van der Waals surface area contributed by atoms with Crippen LogP contribution in [0.4, 0.5) is 17.1 Å². The molecule has 0 bridgehead atoms. The number of ether oxygens (including phenoxy) is 1. The summed E-state index contributed by atoms with van der Waals surface area (Å²) < 4.78 is 5.00. The van der Waals surface area contributed by atoms with E-state index in [1.165, 1.54) is 0 Å². The van der Waals surface area contributed by atoms with Gasteiger partial charge < -0.3 is 15.8 Å². The van der Waals surface area contributed by atoms with Crippen LogP contribution >= 0.6 is 0 Å². The first kappa shape index (κ1) is 15.0. The molecule has 3 N–H and O–H groups in total. The lowest BCUT2D eigenvalue weighted by Crippen LogP contribution is -2.12. The zero-order valence-electron chi connectivity index (χ0n) is 12.8. The molecule has 0 aliphatic carbocycles. The third kappa shape index (κ3) is 2.50. The first-order chi connectivity index (χ1) is 11.0. The predicted molar refractivity (Wildman–Crippen MR) is 88.3 cm³/mol. The summed E-state index contributed by atoms with van der Waals surface area (Å²) in [7, 11) is 0. The number of pyridine rings is 1. The summed E-state index contributed by atoms with van der Waals surface area (Å²) in [5, 5.41) is 3.49. The quantitative estimate of drug-likeness (QED) is 0.568. The summed E-state index contributed by atoms with van der Waals surface area (Å²) in [6.07, 6.45) is 1.95. The molecule has 0 fully saturated rings. The lowest BCUT2D eigenvalue weighted by atomic mass is 10.1. The van der Waals surface area contributed by atoms with Gasteiger partial charge in [0.05, 0.1) is 29.2 Å². The number of nitrogens with zero attached hydrogens (tertiary/aromatic N) is 2. The van der Waals surface area contributed by atoms with E-state index in [-0.39, 0.29) is 18.2 Å². The second-order valence-corrected chi connectivity index (χ2v) is 5.06. The van der Waals surface area contributed by atoms with Crippen molar-refractivity contribution in [3.63, 3.8) is 0 Å². The summed E-state index contributed by atoms with van der Waals surface area (Å²) >= 11 is 0. The monoisotopic (exact) mass is 312 g/mol. The molecule has 7 nitrogen and oxygen atoms in total. The van der Waals surface area contributed by atoms with Crippen LogP contribution in [0.5, 0.6) is 0 Å². The largest absolute Gasteiger partial charge is 0.461 e. The van der Waals surface area contributed by atoms with Crippen LogP contribution in [0.3, 0.4) is 0 Å². The summed E-state index contributed by atoms with van der Waals surface area (Å²) in [5.74, 6) is -0.680. The molecule has 1 aliphatic rings. The highest BCUT2D eigenvalue weighted by Crippen LogP contribution is 2.41. The van der Waals surface area contributed by atoms with E-state index in [4.69, 9.17) is 10.5 Å². The Morgan fingerprint density at radius 2 is 2.09 bits per heavy atom. The standard InChI is InChI=1S/C16H16N4O3/c1-3-12(21)19-10-6-9(17)14-13-8(7-18-14)5-11(20-15(10)13)16(22)23-4-2/h5-7H,3-4,17H2,1-2H3,(H,19,21). The van der Waals surface area contributed by atoms with Crippen molar-refractivity contribution < 1.29 is 14.3 Å². The van der Waals surface area contributed by atoms with Gasteiger partial charge in [-0.15, -0.1) is 0 Å². The van der Waals surface area contributed by atoms with Gasteiger partial charge in [-0.1, -0.05) is 6.92 Å². The van der Waals surface area contributed by atoms with Crippen molar-refractivity contribution in [2.24, 2.45) is 4.99 Å². The number of hydrogen-bond donors (Lipinski definition) is 2. The number of rotatable bonds is 4. The normalized spacial score (nSPS) is 11.7. The molecule has 7 heteroatoms. The highest BCUT2D eigenvalue weighted by molar-refractivity contribution is 6.18.